The lowest BCUT2D eigenvalue weighted by Gasteiger charge is -2.38. The Balaban J connectivity index is 1.70. The molecule has 3 nitrogen and oxygen atoms in total. The molecule has 2 unspecified atom stereocenters. The maximum atomic E-state index is 6.25. The fourth-order valence-electron chi connectivity index (χ4n) is 3.26. The molecule has 19 heavy (non-hydrogen) atoms. The highest BCUT2D eigenvalue weighted by Crippen LogP contribution is 2.38. The number of piperidine rings is 1. The third-order valence-corrected chi connectivity index (χ3v) is 4.35. The number of anilines is 1. The number of nitrogens with zero attached hydrogens (tertiary/aromatic N) is 1. The number of ether oxygens (including phenoxy) is 1. The van der Waals surface area contributed by atoms with Gasteiger partial charge in [-0.1, -0.05) is 18.9 Å². The van der Waals surface area contributed by atoms with Gasteiger partial charge in [0.05, 0.1) is 7.11 Å². The molecule has 2 atom stereocenters. The van der Waals surface area contributed by atoms with Crippen LogP contribution in [0.5, 0.6) is 5.75 Å². The summed E-state index contributed by atoms with van der Waals surface area (Å²) < 4.78 is 5.32. The quantitative estimate of drug-likeness (QED) is 0.904. The number of rotatable bonds is 4. The van der Waals surface area contributed by atoms with Crippen LogP contribution in [0.15, 0.2) is 24.3 Å². The first-order valence-corrected chi connectivity index (χ1v) is 7.39. The number of hydrogen-bond acceptors (Lipinski definition) is 3. The van der Waals surface area contributed by atoms with E-state index in [1.165, 1.54) is 31.4 Å². The minimum Gasteiger partial charge on any atom is -0.497 e. The van der Waals surface area contributed by atoms with Crippen LogP contribution < -0.4 is 15.4 Å². The summed E-state index contributed by atoms with van der Waals surface area (Å²) in [5.41, 5.74) is 7.49. The van der Waals surface area contributed by atoms with Crippen molar-refractivity contribution < 1.29 is 4.74 Å². The maximum Gasteiger partial charge on any atom is 0.120 e. The van der Waals surface area contributed by atoms with Crippen LogP contribution in [-0.4, -0.2) is 26.2 Å². The van der Waals surface area contributed by atoms with E-state index < -0.39 is 0 Å². The first kappa shape index (κ1) is 12.8. The van der Waals surface area contributed by atoms with E-state index in [1.807, 2.05) is 6.07 Å². The summed E-state index contributed by atoms with van der Waals surface area (Å²) >= 11 is 0. The van der Waals surface area contributed by atoms with E-state index in [0.717, 1.165) is 30.7 Å². The molecule has 0 spiro atoms. The molecule has 1 heterocycles. The highest BCUT2D eigenvalue weighted by Gasteiger charge is 2.31. The monoisotopic (exact) mass is 260 g/mol. The number of methoxy groups -OCH3 is 1. The lowest BCUT2D eigenvalue weighted by Crippen LogP contribution is -2.47. The molecule has 3 heteroatoms. The Morgan fingerprint density at radius 1 is 1.26 bits per heavy atom. The lowest BCUT2D eigenvalue weighted by molar-refractivity contribution is 0.343. The van der Waals surface area contributed by atoms with Crippen molar-refractivity contribution in [1.29, 1.82) is 0 Å². The number of nitrogens with two attached hydrogens (primary N) is 1. The number of hydrogen-bond donors (Lipinski definition) is 1. The van der Waals surface area contributed by atoms with Crippen molar-refractivity contribution in [3.05, 3.63) is 24.3 Å². The van der Waals surface area contributed by atoms with Gasteiger partial charge in [0.15, 0.2) is 0 Å². The van der Waals surface area contributed by atoms with Crippen molar-refractivity contribution in [2.24, 2.45) is 17.6 Å². The van der Waals surface area contributed by atoms with E-state index in [0.29, 0.717) is 6.04 Å². The van der Waals surface area contributed by atoms with Gasteiger partial charge in [0.1, 0.15) is 5.75 Å². The third-order valence-electron chi connectivity index (χ3n) is 4.35. The fraction of sp³-hybridized carbons (Fsp3) is 0.625. The Labute approximate surface area is 115 Å². The van der Waals surface area contributed by atoms with Crippen molar-refractivity contribution >= 4 is 5.69 Å². The molecule has 2 fully saturated rings. The summed E-state index contributed by atoms with van der Waals surface area (Å²) in [5.74, 6) is 2.68. The van der Waals surface area contributed by atoms with Crippen LogP contribution in [-0.2, 0) is 0 Å². The number of benzene rings is 1. The molecule has 0 amide bonds. The van der Waals surface area contributed by atoms with Gasteiger partial charge in [-0.3, -0.25) is 0 Å². The molecule has 1 aromatic rings. The molecule has 0 bridgehead atoms. The van der Waals surface area contributed by atoms with Gasteiger partial charge in [-0.25, -0.2) is 0 Å². The zero-order valence-electron chi connectivity index (χ0n) is 11.7. The van der Waals surface area contributed by atoms with E-state index in [9.17, 15) is 0 Å². The molecule has 2 N–H and O–H groups in total. The Kier molecular flexibility index (Phi) is 3.65. The Bertz CT molecular complexity index is 429. The Morgan fingerprint density at radius 3 is 2.84 bits per heavy atom. The van der Waals surface area contributed by atoms with E-state index in [2.05, 4.69) is 23.1 Å². The normalized spacial score (nSPS) is 27.4. The van der Waals surface area contributed by atoms with Gasteiger partial charge >= 0.3 is 0 Å². The van der Waals surface area contributed by atoms with Gasteiger partial charge in [-0.05, 0) is 36.8 Å². The summed E-state index contributed by atoms with van der Waals surface area (Å²) in [6, 6.07) is 8.64. The summed E-state index contributed by atoms with van der Waals surface area (Å²) in [6.45, 7) is 2.12. The zero-order chi connectivity index (χ0) is 13.2. The molecular formula is C16H24N2O. The maximum absolute atomic E-state index is 6.25. The largest absolute Gasteiger partial charge is 0.497 e. The van der Waals surface area contributed by atoms with Gasteiger partial charge in [-0.15, -0.1) is 0 Å². The van der Waals surface area contributed by atoms with E-state index >= 15 is 0 Å². The topological polar surface area (TPSA) is 38.5 Å². The summed E-state index contributed by atoms with van der Waals surface area (Å²) in [6.07, 6.45) is 5.43. The standard InChI is InChI=1S/C16H24N2O/c1-19-16-4-2-3-15(9-16)18-10-13(7-12-5-6-12)8-14(17)11-18/h2-4,9,12-14H,5-8,10-11,17H2,1H3. The fourth-order valence-corrected chi connectivity index (χ4v) is 3.26. The zero-order valence-corrected chi connectivity index (χ0v) is 11.7. The minimum atomic E-state index is 0.309. The van der Waals surface area contributed by atoms with Gasteiger partial charge in [-0.2, -0.15) is 0 Å². The predicted octanol–water partition coefficient (Wildman–Crippen LogP) is 2.65. The van der Waals surface area contributed by atoms with Crippen LogP contribution in [0.25, 0.3) is 0 Å². The van der Waals surface area contributed by atoms with Gasteiger partial charge in [0.25, 0.3) is 0 Å². The average Bonchev–Trinajstić information content (AvgIpc) is 3.22. The molecule has 1 aliphatic heterocycles. The molecule has 1 aromatic carbocycles. The smallest absolute Gasteiger partial charge is 0.120 e. The summed E-state index contributed by atoms with van der Waals surface area (Å²) in [5, 5.41) is 0. The molecule has 1 saturated heterocycles. The average molecular weight is 260 g/mol. The molecular weight excluding hydrogens is 236 g/mol. The van der Waals surface area contributed by atoms with Crippen molar-refractivity contribution in [1.82, 2.24) is 0 Å². The van der Waals surface area contributed by atoms with Gasteiger partial charge < -0.3 is 15.4 Å². The second-order valence-electron chi connectivity index (χ2n) is 6.15. The second-order valence-corrected chi connectivity index (χ2v) is 6.15. The van der Waals surface area contributed by atoms with Crippen LogP contribution in [0.2, 0.25) is 0 Å². The second kappa shape index (κ2) is 5.41. The van der Waals surface area contributed by atoms with Crippen LogP contribution in [0.4, 0.5) is 5.69 Å². The van der Waals surface area contributed by atoms with E-state index in [-0.39, 0.29) is 0 Å². The van der Waals surface area contributed by atoms with Crippen molar-refractivity contribution in [2.75, 3.05) is 25.1 Å². The van der Waals surface area contributed by atoms with Crippen molar-refractivity contribution in [2.45, 2.75) is 31.7 Å². The molecule has 104 valence electrons. The SMILES string of the molecule is COc1cccc(N2CC(N)CC(CC3CC3)C2)c1. The van der Waals surface area contributed by atoms with Gasteiger partial charge in [0.2, 0.25) is 0 Å². The van der Waals surface area contributed by atoms with Crippen molar-refractivity contribution in [3.8, 4) is 5.75 Å². The van der Waals surface area contributed by atoms with Crippen LogP contribution in [0.1, 0.15) is 25.7 Å². The first-order valence-electron chi connectivity index (χ1n) is 7.39. The van der Waals surface area contributed by atoms with Gasteiger partial charge in [0, 0.05) is 30.9 Å². The van der Waals surface area contributed by atoms with E-state index in [4.69, 9.17) is 10.5 Å². The first-order chi connectivity index (χ1) is 9.24. The van der Waals surface area contributed by atoms with Crippen LogP contribution in [0.3, 0.4) is 0 Å². The molecule has 0 aromatic heterocycles. The Hall–Kier alpha value is -1.22. The van der Waals surface area contributed by atoms with E-state index in [1.54, 1.807) is 7.11 Å². The third kappa shape index (κ3) is 3.21. The summed E-state index contributed by atoms with van der Waals surface area (Å²) in [4.78, 5) is 2.43. The molecule has 1 aliphatic carbocycles. The lowest BCUT2D eigenvalue weighted by atomic mass is 9.90. The predicted molar refractivity (Wildman–Crippen MR) is 78.6 cm³/mol. The van der Waals surface area contributed by atoms with Crippen LogP contribution >= 0.6 is 0 Å². The van der Waals surface area contributed by atoms with Crippen LogP contribution in [0, 0.1) is 11.8 Å². The highest BCUT2D eigenvalue weighted by molar-refractivity contribution is 5.51. The highest BCUT2D eigenvalue weighted by atomic mass is 16.5. The molecule has 1 saturated carbocycles. The van der Waals surface area contributed by atoms with Crippen molar-refractivity contribution in [3.63, 3.8) is 0 Å². The molecule has 2 aliphatic rings. The molecule has 3 rings (SSSR count). The minimum absolute atomic E-state index is 0.309. The molecule has 0 radical (unpaired) electrons. The Morgan fingerprint density at radius 2 is 2.11 bits per heavy atom. The summed E-state index contributed by atoms with van der Waals surface area (Å²) in [7, 11) is 1.72.